The van der Waals surface area contributed by atoms with E-state index < -0.39 is 0 Å². The maximum absolute atomic E-state index is 3.60. The Labute approximate surface area is 131 Å². The zero-order valence-corrected chi connectivity index (χ0v) is 14.3. The lowest BCUT2D eigenvalue weighted by Gasteiger charge is -2.29. The number of rotatable bonds is 8. The lowest BCUT2D eigenvalue weighted by molar-refractivity contribution is 0.245. The van der Waals surface area contributed by atoms with Gasteiger partial charge in [0.1, 0.15) is 0 Å². The first kappa shape index (κ1) is 16.5. The van der Waals surface area contributed by atoms with Crippen LogP contribution in [0.3, 0.4) is 0 Å². The van der Waals surface area contributed by atoms with E-state index in [1.165, 1.54) is 75.6 Å². The molecule has 0 aliphatic heterocycles. The monoisotopic (exact) mass is 287 g/mol. The second-order valence-corrected chi connectivity index (χ2v) is 7.14. The minimum Gasteiger partial charge on any atom is -0.317 e. The Bertz CT molecular complexity index is 429. The Morgan fingerprint density at radius 1 is 1.05 bits per heavy atom. The molecule has 1 aromatic carbocycles. The van der Waals surface area contributed by atoms with E-state index in [9.17, 15) is 0 Å². The maximum atomic E-state index is 3.60. The Kier molecular flexibility index (Phi) is 6.29. The molecule has 0 atom stereocenters. The molecule has 0 saturated heterocycles. The molecule has 0 heterocycles. The van der Waals surface area contributed by atoms with Crippen LogP contribution >= 0.6 is 0 Å². The van der Waals surface area contributed by atoms with Crippen molar-refractivity contribution in [1.29, 1.82) is 0 Å². The number of aryl methyl sites for hydroxylation is 3. The van der Waals surface area contributed by atoms with Crippen LogP contribution in [0.1, 0.15) is 68.6 Å². The largest absolute Gasteiger partial charge is 0.317 e. The van der Waals surface area contributed by atoms with E-state index in [4.69, 9.17) is 0 Å². The summed E-state index contributed by atoms with van der Waals surface area (Å²) in [5.74, 6) is 0. The molecule has 1 saturated carbocycles. The van der Waals surface area contributed by atoms with Gasteiger partial charge in [-0.15, -0.1) is 0 Å². The molecule has 1 fully saturated rings. The number of hydrogen-bond acceptors (Lipinski definition) is 1. The third-order valence-corrected chi connectivity index (χ3v) is 5.35. The quantitative estimate of drug-likeness (QED) is 0.649. The molecule has 0 amide bonds. The van der Waals surface area contributed by atoms with Crippen LogP contribution < -0.4 is 5.32 Å². The SMILES string of the molecule is CCCNCCC1(CCc2ccc(C)cc2C)CCCC1. The maximum Gasteiger partial charge on any atom is -0.00436 e. The predicted molar refractivity (Wildman–Crippen MR) is 92.9 cm³/mol. The highest BCUT2D eigenvalue weighted by Gasteiger charge is 2.32. The molecule has 0 unspecified atom stereocenters. The topological polar surface area (TPSA) is 12.0 Å². The standard InChI is InChI=1S/C20H33N/c1-4-14-21-15-13-20(10-5-6-11-20)12-9-19-8-7-17(2)16-18(19)3/h7-8,16,21H,4-6,9-15H2,1-3H3. The molecule has 0 spiro atoms. The fourth-order valence-electron chi connectivity index (χ4n) is 3.93. The van der Waals surface area contributed by atoms with Crippen LogP contribution in [-0.2, 0) is 6.42 Å². The highest BCUT2D eigenvalue weighted by atomic mass is 14.8. The van der Waals surface area contributed by atoms with Crippen molar-refractivity contribution in [3.63, 3.8) is 0 Å². The molecule has 1 aromatic rings. The molecule has 1 N–H and O–H groups in total. The van der Waals surface area contributed by atoms with Crippen LogP contribution in [-0.4, -0.2) is 13.1 Å². The summed E-state index contributed by atoms with van der Waals surface area (Å²) in [7, 11) is 0. The summed E-state index contributed by atoms with van der Waals surface area (Å²) < 4.78 is 0. The highest BCUT2D eigenvalue weighted by molar-refractivity contribution is 5.30. The minimum absolute atomic E-state index is 0.623. The van der Waals surface area contributed by atoms with E-state index >= 15 is 0 Å². The molecular weight excluding hydrogens is 254 g/mol. The van der Waals surface area contributed by atoms with Gasteiger partial charge in [-0.1, -0.05) is 43.5 Å². The number of benzene rings is 1. The van der Waals surface area contributed by atoms with Gasteiger partial charge in [0.15, 0.2) is 0 Å². The molecule has 0 radical (unpaired) electrons. The molecule has 2 rings (SSSR count). The fraction of sp³-hybridized carbons (Fsp3) is 0.700. The van der Waals surface area contributed by atoms with Gasteiger partial charge in [-0.25, -0.2) is 0 Å². The van der Waals surface area contributed by atoms with Gasteiger partial charge < -0.3 is 5.32 Å². The lowest BCUT2D eigenvalue weighted by atomic mass is 9.77. The van der Waals surface area contributed by atoms with Crippen LogP contribution in [0.2, 0.25) is 0 Å². The summed E-state index contributed by atoms with van der Waals surface area (Å²) in [6.07, 6.45) is 11.1. The minimum atomic E-state index is 0.623. The number of nitrogens with one attached hydrogen (secondary N) is 1. The summed E-state index contributed by atoms with van der Waals surface area (Å²) in [5, 5.41) is 3.60. The van der Waals surface area contributed by atoms with Crippen LogP contribution in [0.25, 0.3) is 0 Å². The first-order chi connectivity index (χ1) is 10.2. The average molecular weight is 287 g/mol. The van der Waals surface area contributed by atoms with Crippen molar-refractivity contribution < 1.29 is 0 Å². The average Bonchev–Trinajstić information content (AvgIpc) is 2.92. The molecule has 1 aliphatic rings. The molecule has 1 heteroatoms. The van der Waals surface area contributed by atoms with Gasteiger partial charge in [-0.2, -0.15) is 0 Å². The van der Waals surface area contributed by atoms with Crippen molar-refractivity contribution in [3.8, 4) is 0 Å². The molecule has 0 aromatic heterocycles. The Hall–Kier alpha value is -0.820. The Balaban J connectivity index is 1.90. The van der Waals surface area contributed by atoms with Gasteiger partial charge in [0.05, 0.1) is 0 Å². The molecule has 1 aliphatic carbocycles. The molecule has 118 valence electrons. The van der Waals surface area contributed by atoms with Gasteiger partial charge in [-0.3, -0.25) is 0 Å². The lowest BCUT2D eigenvalue weighted by Crippen LogP contribution is -2.26. The number of hydrogen-bond donors (Lipinski definition) is 1. The van der Waals surface area contributed by atoms with Gasteiger partial charge in [0.25, 0.3) is 0 Å². The van der Waals surface area contributed by atoms with Crippen LogP contribution in [0.15, 0.2) is 18.2 Å². The third kappa shape index (κ3) is 4.85. The van der Waals surface area contributed by atoms with E-state index in [0.29, 0.717) is 5.41 Å². The zero-order valence-electron chi connectivity index (χ0n) is 14.3. The predicted octanol–water partition coefficient (Wildman–Crippen LogP) is 5.19. The molecule has 21 heavy (non-hydrogen) atoms. The van der Waals surface area contributed by atoms with Crippen molar-refractivity contribution >= 4 is 0 Å². The van der Waals surface area contributed by atoms with E-state index in [0.717, 1.165) is 0 Å². The summed E-state index contributed by atoms with van der Waals surface area (Å²) in [6.45, 7) is 9.09. The van der Waals surface area contributed by atoms with E-state index in [1.54, 1.807) is 5.56 Å². The Morgan fingerprint density at radius 2 is 1.81 bits per heavy atom. The summed E-state index contributed by atoms with van der Waals surface area (Å²) in [6, 6.07) is 6.95. The van der Waals surface area contributed by atoms with E-state index in [1.807, 2.05) is 0 Å². The van der Waals surface area contributed by atoms with Crippen LogP contribution in [0.5, 0.6) is 0 Å². The van der Waals surface area contributed by atoms with Crippen molar-refractivity contribution in [2.75, 3.05) is 13.1 Å². The molecule has 0 bridgehead atoms. The normalized spacial score (nSPS) is 17.3. The van der Waals surface area contributed by atoms with Crippen LogP contribution in [0.4, 0.5) is 0 Å². The van der Waals surface area contributed by atoms with Crippen molar-refractivity contribution in [3.05, 3.63) is 34.9 Å². The summed E-state index contributed by atoms with van der Waals surface area (Å²) >= 11 is 0. The van der Waals surface area contributed by atoms with Crippen molar-refractivity contribution in [1.82, 2.24) is 5.32 Å². The fourth-order valence-corrected chi connectivity index (χ4v) is 3.93. The second-order valence-electron chi connectivity index (χ2n) is 7.14. The highest BCUT2D eigenvalue weighted by Crippen LogP contribution is 2.44. The van der Waals surface area contributed by atoms with Gasteiger partial charge in [-0.05, 0) is 82.0 Å². The first-order valence-corrected chi connectivity index (χ1v) is 8.92. The van der Waals surface area contributed by atoms with Crippen LogP contribution in [0, 0.1) is 19.3 Å². The second kappa shape index (κ2) is 7.98. The van der Waals surface area contributed by atoms with Crippen molar-refractivity contribution in [2.45, 2.75) is 72.1 Å². The third-order valence-electron chi connectivity index (χ3n) is 5.35. The summed E-state index contributed by atoms with van der Waals surface area (Å²) in [4.78, 5) is 0. The summed E-state index contributed by atoms with van der Waals surface area (Å²) in [5.41, 5.74) is 5.05. The Morgan fingerprint density at radius 3 is 2.48 bits per heavy atom. The van der Waals surface area contributed by atoms with E-state index in [2.05, 4.69) is 44.3 Å². The van der Waals surface area contributed by atoms with Gasteiger partial charge >= 0.3 is 0 Å². The zero-order chi connectivity index (χ0) is 15.1. The molecular formula is C20H33N. The van der Waals surface area contributed by atoms with E-state index in [-0.39, 0.29) is 0 Å². The van der Waals surface area contributed by atoms with Gasteiger partial charge in [0, 0.05) is 0 Å². The molecule has 1 nitrogen and oxygen atoms in total. The first-order valence-electron chi connectivity index (χ1n) is 8.92. The van der Waals surface area contributed by atoms with Gasteiger partial charge in [0.2, 0.25) is 0 Å². The smallest absolute Gasteiger partial charge is 0.00436 e. The van der Waals surface area contributed by atoms with Crippen molar-refractivity contribution in [2.24, 2.45) is 5.41 Å².